The van der Waals surface area contributed by atoms with Gasteiger partial charge in [0.2, 0.25) is 0 Å². The Hall–Kier alpha value is -3.07. The van der Waals surface area contributed by atoms with Crippen LogP contribution in [0.2, 0.25) is 0 Å². The van der Waals surface area contributed by atoms with Gasteiger partial charge in [0.05, 0.1) is 0 Å². The number of para-hydroxylation sites is 1. The van der Waals surface area contributed by atoms with Gasteiger partial charge in [0.15, 0.2) is 0 Å². The van der Waals surface area contributed by atoms with Gasteiger partial charge < -0.3 is 9.84 Å². The third-order valence-electron chi connectivity index (χ3n) is 3.69. The van der Waals surface area contributed by atoms with Gasteiger partial charge in [-0.25, -0.2) is 4.79 Å². The maximum atomic E-state index is 11.0. The van der Waals surface area contributed by atoms with Gasteiger partial charge in [0.1, 0.15) is 5.75 Å². The molecule has 0 saturated heterocycles. The van der Waals surface area contributed by atoms with Crippen LogP contribution in [0.25, 0.3) is 0 Å². The van der Waals surface area contributed by atoms with Crippen molar-refractivity contribution in [3.8, 4) is 5.75 Å². The van der Waals surface area contributed by atoms with Crippen LogP contribution in [-0.2, 0) is 0 Å². The summed E-state index contributed by atoms with van der Waals surface area (Å²) in [5, 5.41) is 8.99. The first-order valence-electron chi connectivity index (χ1n) is 7.35. The molecular weight excluding hydrogens is 288 g/mol. The van der Waals surface area contributed by atoms with E-state index >= 15 is 0 Å². The van der Waals surface area contributed by atoms with E-state index in [0.29, 0.717) is 5.75 Å². The second-order valence-electron chi connectivity index (χ2n) is 5.16. The highest BCUT2D eigenvalue weighted by molar-refractivity contribution is 5.63. The van der Waals surface area contributed by atoms with Crippen molar-refractivity contribution in [2.45, 2.75) is 5.92 Å². The van der Waals surface area contributed by atoms with Gasteiger partial charge in [-0.3, -0.25) is 0 Å². The topological polar surface area (TPSA) is 46.5 Å². The van der Waals surface area contributed by atoms with Crippen molar-refractivity contribution < 1.29 is 14.6 Å². The SMILES string of the molecule is O=C(O)Oc1ccccc1C(c1ccccc1)c1ccccc1. The second-order valence-corrected chi connectivity index (χ2v) is 5.16. The molecule has 0 fully saturated rings. The lowest BCUT2D eigenvalue weighted by atomic mass is 9.85. The summed E-state index contributed by atoms with van der Waals surface area (Å²) in [5.74, 6) is 0.269. The van der Waals surface area contributed by atoms with Crippen LogP contribution in [0.1, 0.15) is 22.6 Å². The summed E-state index contributed by atoms with van der Waals surface area (Å²) in [6.07, 6.45) is -1.31. The van der Waals surface area contributed by atoms with Gasteiger partial charge in [-0.05, 0) is 17.2 Å². The molecule has 0 aromatic heterocycles. The molecule has 0 amide bonds. The maximum Gasteiger partial charge on any atom is 0.511 e. The van der Waals surface area contributed by atoms with Crippen molar-refractivity contribution in [1.82, 2.24) is 0 Å². The molecule has 0 aliphatic carbocycles. The minimum Gasteiger partial charge on any atom is -0.449 e. The Labute approximate surface area is 134 Å². The number of hydrogen-bond acceptors (Lipinski definition) is 2. The Kier molecular flexibility index (Phi) is 4.39. The predicted molar refractivity (Wildman–Crippen MR) is 88.9 cm³/mol. The molecule has 0 spiro atoms. The smallest absolute Gasteiger partial charge is 0.449 e. The van der Waals surface area contributed by atoms with E-state index in [1.165, 1.54) is 0 Å². The van der Waals surface area contributed by atoms with E-state index in [-0.39, 0.29) is 5.92 Å². The lowest BCUT2D eigenvalue weighted by Gasteiger charge is -2.20. The summed E-state index contributed by atoms with van der Waals surface area (Å²) in [4.78, 5) is 11.0. The molecule has 0 heterocycles. The molecule has 0 atom stereocenters. The first-order valence-corrected chi connectivity index (χ1v) is 7.35. The van der Waals surface area contributed by atoms with E-state index in [2.05, 4.69) is 0 Å². The van der Waals surface area contributed by atoms with Crippen LogP contribution in [-0.4, -0.2) is 11.3 Å². The standard InChI is InChI=1S/C20H16O3/c21-20(22)23-18-14-8-7-13-17(18)19(15-9-3-1-4-10-15)16-11-5-2-6-12-16/h1-14,19H,(H,21,22). The van der Waals surface area contributed by atoms with Gasteiger partial charge in [-0.1, -0.05) is 78.9 Å². The molecule has 0 radical (unpaired) electrons. The summed E-state index contributed by atoms with van der Waals surface area (Å²) in [5.41, 5.74) is 2.99. The van der Waals surface area contributed by atoms with Crippen molar-refractivity contribution in [2.24, 2.45) is 0 Å². The van der Waals surface area contributed by atoms with Gasteiger partial charge in [-0.2, -0.15) is 0 Å². The quantitative estimate of drug-likeness (QED) is 0.422. The van der Waals surface area contributed by atoms with Crippen molar-refractivity contribution in [3.63, 3.8) is 0 Å². The van der Waals surface area contributed by atoms with Crippen molar-refractivity contribution in [2.75, 3.05) is 0 Å². The fraction of sp³-hybridized carbons (Fsp3) is 0.0500. The zero-order valence-electron chi connectivity index (χ0n) is 12.4. The van der Waals surface area contributed by atoms with Crippen LogP contribution >= 0.6 is 0 Å². The Morgan fingerprint density at radius 1 is 0.739 bits per heavy atom. The molecule has 0 aliphatic heterocycles. The molecule has 0 aliphatic rings. The Morgan fingerprint density at radius 2 is 1.22 bits per heavy atom. The molecule has 0 bridgehead atoms. The van der Waals surface area contributed by atoms with E-state index in [1.54, 1.807) is 12.1 Å². The average molecular weight is 304 g/mol. The lowest BCUT2D eigenvalue weighted by Crippen LogP contribution is -2.09. The van der Waals surface area contributed by atoms with Gasteiger partial charge >= 0.3 is 6.16 Å². The minimum atomic E-state index is -1.31. The third kappa shape index (κ3) is 3.40. The third-order valence-corrected chi connectivity index (χ3v) is 3.69. The van der Waals surface area contributed by atoms with E-state index in [1.807, 2.05) is 72.8 Å². The molecular formula is C20H16O3. The summed E-state index contributed by atoms with van der Waals surface area (Å²) in [7, 11) is 0. The fourth-order valence-corrected chi connectivity index (χ4v) is 2.75. The molecule has 3 rings (SSSR count). The van der Waals surface area contributed by atoms with E-state index in [4.69, 9.17) is 9.84 Å². The molecule has 0 unspecified atom stereocenters. The van der Waals surface area contributed by atoms with Gasteiger partial charge in [-0.15, -0.1) is 0 Å². The zero-order valence-corrected chi connectivity index (χ0v) is 12.4. The Morgan fingerprint density at radius 3 is 1.74 bits per heavy atom. The summed E-state index contributed by atoms with van der Waals surface area (Å²) in [6, 6.07) is 27.2. The Balaban J connectivity index is 2.15. The van der Waals surface area contributed by atoms with Crippen LogP contribution in [0, 0.1) is 0 Å². The van der Waals surface area contributed by atoms with Crippen molar-refractivity contribution >= 4 is 6.16 Å². The highest BCUT2D eigenvalue weighted by Gasteiger charge is 2.21. The molecule has 0 saturated carbocycles. The van der Waals surface area contributed by atoms with E-state index in [9.17, 15) is 4.79 Å². The number of carbonyl (C=O) groups is 1. The number of rotatable bonds is 4. The van der Waals surface area contributed by atoms with E-state index in [0.717, 1.165) is 16.7 Å². The summed E-state index contributed by atoms with van der Waals surface area (Å²) in [6.45, 7) is 0. The highest BCUT2D eigenvalue weighted by Crippen LogP contribution is 2.36. The van der Waals surface area contributed by atoms with Crippen LogP contribution in [0.3, 0.4) is 0 Å². The molecule has 23 heavy (non-hydrogen) atoms. The number of hydrogen-bond donors (Lipinski definition) is 1. The largest absolute Gasteiger partial charge is 0.511 e. The molecule has 1 N–H and O–H groups in total. The number of benzene rings is 3. The fourth-order valence-electron chi connectivity index (χ4n) is 2.75. The van der Waals surface area contributed by atoms with Crippen LogP contribution < -0.4 is 4.74 Å². The maximum absolute atomic E-state index is 11.0. The number of ether oxygens (including phenoxy) is 1. The molecule has 3 aromatic rings. The van der Waals surface area contributed by atoms with Crippen LogP contribution in [0.4, 0.5) is 4.79 Å². The number of carboxylic acid groups (broad SMARTS) is 1. The molecule has 3 heteroatoms. The monoisotopic (exact) mass is 304 g/mol. The molecule has 114 valence electrons. The van der Waals surface area contributed by atoms with E-state index < -0.39 is 6.16 Å². The van der Waals surface area contributed by atoms with Crippen LogP contribution in [0.5, 0.6) is 5.75 Å². The highest BCUT2D eigenvalue weighted by atomic mass is 16.7. The average Bonchev–Trinajstić information content (AvgIpc) is 2.58. The second kappa shape index (κ2) is 6.79. The summed E-state index contributed by atoms with van der Waals surface area (Å²) >= 11 is 0. The van der Waals surface area contributed by atoms with Crippen molar-refractivity contribution in [3.05, 3.63) is 102 Å². The first kappa shape index (κ1) is 14.9. The lowest BCUT2D eigenvalue weighted by molar-refractivity contribution is 0.144. The predicted octanol–water partition coefficient (Wildman–Crippen LogP) is 4.92. The van der Waals surface area contributed by atoms with Gasteiger partial charge in [0, 0.05) is 11.5 Å². The van der Waals surface area contributed by atoms with Crippen LogP contribution in [0.15, 0.2) is 84.9 Å². The normalized spacial score (nSPS) is 10.5. The Bertz CT molecular complexity index is 743. The molecule has 3 nitrogen and oxygen atoms in total. The zero-order chi connectivity index (χ0) is 16.1. The molecule has 3 aromatic carbocycles. The van der Waals surface area contributed by atoms with Crippen molar-refractivity contribution in [1.29, 1.82) is 0 Å². The first-order chi connectivity index (χ1) is 11.3. The van der Waals surface area contributed by atoms with Gasteiger partial charge in [0.25, 0.3) is 0 Å². The minimum absolute atomic E-state index is 0.0899. The summed E-state index contributed by atoms with van der Waals surface area (Å²) < 4.78 is 4.99.